The molecule has 2 aromatic carbocycles. The molecule has 2 rings (SSSR count). The number of hydrogen-bond donors (Lipinski definition) is 2. The predicted molar refractivity (Wildman–Crippen MR) is 92.9 cm³/mol. The van der Waals surface area contributed by atoms with Crippen LogP contribution in [0.2, 0.25) is 0 Å². The zero-order chi connectivity index (χ0) is 17.2. The second-order valence-corrected chi connectivity index (χ2v) is 5.54. The third-order valence-electron chi connectivity index (χ3n) is 3.06. The van der Waals surface area contributed by atoms with Gasteiger partial charge >= 0.3 is 5.97 Å². The van der Waals surface area contributed by atoms with Crippen molar-refractivity contribution in [2.45, 2.75) is 26.3 Å². The van der Waals surface area contributed by atoms with Gasteiger partial charge in [0.1, 0.15) is 6.04 Å². The van der Waals surface area contributed by atoms with Crippen LogP contribution in [0.5, 0.6) is 0 Å². The molecule has 0 aliphatic heterocycles. The summed E-state index contributed by atoms with van der Waals surface area (Å²) in [6.07, 6.45) is 0.463. The summed E-state index contributed by atoms with van der Waals surface area (Å²) in [4.78, 5) is 20.6. The minimum atomic E-state index is -0.841. The Morgan fingerprint density at radius 3 is 2.13 bits per heavy atom. The van der Waals surface area contributed by atoms with E-state index in [0.29, 0.717) is 6.42 Å². The molecule has 0 aliphatic rings. The average molecular weight is 334 g/mol. The fraction of sp³-hybridized carbons (Fsp3) is 0.222. The van der Waals surface area contributed by atoms with E-state index in [-0.39, 0.29) is 5.24 Å². The van der Waals surface area contributed by atoms with E-state index >= 15 is 0 Å². The summed E-state index contributed by atoms with van der Waals surface area (Å²) in [7, 11) is 0. The molecule has 0 saturated heterocycles. The van der Waals surface area contributed by atoms with E-state index in [1.807, 2.05) is 61.5 Å². The monoisotopic (exact) mass is 333 g/mol. The van der Waals surface area contributed by atoms with Crippen LogP contribution in [0.3, 0.4) is 0 Å². The van der Waals surface area contributed by atoms with Crippen LogP contribution in [-0.4, -0.2) is 22.4 Å². The van der Waals surface area contributed by atoms with Gasteiger partial charge in [-0.1, -0.05) is 48.5 Å². The summed E-state index contributed by atoms with van der Waals surface area (Å²) >= 11 is 4.64. The highest BCUT2D eigenvalue weighted by Crippen LogP contribution is 2.16. The number of carboxylic acid groups (broad SMARTS) is 1. The largest absolute Gasteiger partial charge is 0.480 e. The van der Waals surface area contributed by atoms with Crippen molar-refractivity contribution in [3.8, 4) is 0 Å². The topological polar surface area (TPSA) is 66.4 Å². The first-order valence-electron chi connectivity index (χ1n) is 7.15. The first-order valence-corrected chi connectivity index (χ1v) is 7.53. The lowest BCUT2D eigenvalue weighted by Crippen LogP contribution is -2.31. The molecule has 4 nitrogen and oxygen atoms in total. The lowest BCUT2D eigenvalue weighted by molar-refractivity contribution is -0.137. The summed E-state index contributed by atoms with van der Waals surface area (Å²) in [5.74, 6) is -0.841. The quantitative estimate of drug-likeness (QED) is 0.815. The number of anilines is 1. The van der Waals surface area contributed by atoms with Crippen molar-refractivity contribution in [3.05, 3.63) is 65.7 Å². The number of carbonyl (C=O) groups excluding carboxylic acids is 1. The highest BCUT2D eigenvalue weighted by atomic mass is 35.5. The number of carboxylic acids is 1. The molecule has 0 fully saturated rings. The molecular formula is C18H20ClNO3. The molecule has 0 aliphatic carbocycles. The first-order chi connectivity index (χ1) is 10.9. The first kappa shape index (κ1) is 18.7. The summed E-state index contributed by atoms with van der Waals surface area (Å²) in [5, 5.41) is 12.1. The van der Waals surface area contributed by atoms with Gasteiger partial charge < -0.3 is 10.4 Å². The second-order valence-electron chi connectivity index (χ2n) is 5.01. The zero-order valence-electron chi connectivity index (χ0n) is 13.1. The molecule has 122 valence electrons. The van der Waals surface area contributed by atoms with Gasteiger partial charge in [0.15, 0.2) is 0 Å². The Balaban J connectivity index is 0.000000593. The Morgan fingerprint density at radius 2 is 1.61 bits per heavy atom. The van der Waals surface area contributed by atoms with Crippen molar-refractivity contribution < 1.29 is 14.7 Å². The van der Waals surface area contributed by atoms with Crippen LogP contribution in [-0.2, 0) is 16.0 Å². The van der Waals surface area contributed by atoms with E-state index in [1.54, 1.807) is 0 Å². The van der Waals surface area contributed by atoms with Crippen LogP contribution in [0.1, 0.15) is 18.1 Å². The fourth-order valence-corrected chi connectivity index (χ4v) is 1.97. The van der Waals surface area contributed by atoms with Gasteiger partial charge in [-0.15, -0.1) is 0 Å². The maximum Gasteiger partial charge on any atom is 0.326 e. The van der Waals surface area contributed by atoms with Crippen molar-refractivity contribution in [2.24, 2.45) is 0 Å². The van der Waals surface area contributed by atoms with Crippen LogP contribution in [0.15, 0.2) is 54.6 Å². The van der Waals surface area contributed by atoms with E-state index in [2.05, 4.69) is 16.9 Å². The molecule has 0 radical (unpaired) electrons. The molecule has 0 aromatic heterocycles. The van der Waals surface area contributed by atoms with Crippen molar-refractivity contribution in [3.63, 3.8) is 0 Å². The number of aryl methyl sites for hydroxylation is 1. The SMILES string of the molecule is CC(=O)Cl.Cc1ccccc1N[C@@H](Cc1ccccc1)C(=O)O. The maximum absolute atomic E-state index is 11.4. The summed E-state index contributed by atoms with van der Waals surface area (Å²) in [6.45, 7) is 3.26. The molecule has 2 N–H and O–H groups in total. The summed E-state index contributed by atoms with van der Waals surface area (Å²) < 4.78 is 0. The number of para-hydroxylation sites is 1. The Hall–Kier alpha value is -2.33. The molecule has 2 aromatic rings. The number of rotatable bonds is 5. The average Bonchev–Trinajstić information content (AvgIpc) is 2.49. The van der Waals surface area contributed by atoms with Crippen LogP contribution in [0, 0.1) is 6.92 Å². The van der Waals surface area contributed by atoms with Crippen LogP contribution in [0.25, 0.3) is 0 Å². The highest BCUT2D eigenvalue weighted by molar-refractivity contribution is 6.62. The van der Waals surface area contributed by atoms with E-state index in [1.165, 1.54) is 6.92 Å². The lowest BCUT2D eigenvalue weighted by Gasteiger charge is -2.17. The minimum Gasteiger partial charge on any atom is -0.480 e. The van der Waals surface area contributed by atoms with Crippen LogP contribution < -0.4 is 5.32 Å². The Kier molecular flexibility index (Phi) is 7.84. The molecule has 0 spiro atoms. The van der Waals surface area contributed by atoms with Gasteiger partial charge in [0.05, 0.1) is 0 Å². The van der Waals surface area contributed by atoms with E-state index < -0.39 is 12.0 Å². The van der Waals surface area contributed by atoms with Gasteiger partial charge in [-0.05, 0) is 35.7 Å². The highest BCUT2D eigenvalue weighted by Gasteiger charge is 2.18. The standard InChI is InChI=1S/C16H17NO2.C2H3ClO/c1-12-7-5-6-10-14(12)17-15(16(18)19)11-13-8-3-2-4-9-13;1-2(3)4/h2-10,15,17H,11H2,1H3,(H,18,19);1H3/t15-;/m0./s1. The van der Waals surface area contributed by atoms with E-state index in [0.717, 1.165) is 16.8 Å². The van der Waals surface area contributed by atoms with Gasteiger partial charge in [0, 0.05) is 19.0 Å². The summed E-state index contributed by atoms with van der Waals surface area (Å²) in [6, 6.07) is 16.7. The van der Waals surface area contributed by atoms with Crippen molar-refractivity contribution in [2.75, 3.05) is 5.32 Å². The number of nitrogens with one attached hydrogen (secondary N) is 1. The molecular weight excluding hydrogens is 314 g/mol. The van der Waals surface area contributed by atoms with Gasteiger partial charge in [0.25, 0.3) is 0 Å². The number of halogens is 1. The minimum absolute atomic E-state index is 0.361. The molecule has 0 amide bonds. The third kappa shape index (κ3) is 7.47. The van der Waals surface area contributed by atoms with Crippen molar-refractivity contribution in [1.82, 2.24) is 0 Å². The molecule has 0 unspecified atom stereocenters. The fourth-order valence-electron chi connectivity index (χ4n) is 1.97. The van der Waals surface area contributed by atoms with Gasteiger partial charge in [-0.2, -0.15) is 0 Å². The van der Waals surface area contributed by atoms with E-state index in [4.69, 9.17) is 0 Å². The molecule has 0 bridgehead atoms. The molecule has 1 atom stereocenters. The lowest BCUT2D eigenvalue weighted by atomic mass is 10.1. The predicted octanol–water partition coefficient (Wildman–Crippen LogP) is 3.87. The van der Waals surface area contributed by atoms with Crippen LogP contribution >= 0.6 is 11.6 Å². The molecule has 23 heavy (non-hydrogen) atoms. The van der Waals surface area contributed by atoms with Crippen molar-refractivity contribution in [1.29, 1.82) is 0 Å². The molecule has 0 heterocycles. The van der Waals surface area contributed by atoms with Gasteiger partial charge in [-0.25, -0.2) is 4.79 Å². The van der Waals surface area contributed by atoms with Gasteiger partial charge in [-0.3, -0.25) is 4.79 Å². The Morgan fingerprint density at radius 1 is 1.09 bits per heavy atom. The van der Waals surface area contributed by atoms with Crippen LogP contribution in [0.4, 0.5) is 5.69 Å². The number of benzene rings is 2. The number of carbonyl (C=O) groups is 2. The maximum atomic E-state index is 11.4. The Labute approximate surface area is 141 Å². The van der Waals surface area contributed by atoms with Crippen molar-refractivity contribution >= 4 is 28.5 Å². The number of hydrogen-bond acceptors (Lipinski definition) is 3. The zero-order valence-corrected chi connectivity index (χ0v) is 13.9. The van der Waals surface area contributed by atoms with E-state index in [9.17, 15) is 14.7 Å². The molecule has 5 heteroatoms. The van der Waals surface area contributed by atoms with Gasteiger partial charge in [0.2, 0.25) is 5.24 Å². The number of aliphatic carboxylic acids is 1. The Bertz CT molecular complexity index is 640. The second kappa shape index (κ2) is 9.64. The smallest absolute Gasteiger partial charge is 0.326 e. The molecule has 0 saturated carbocycles. The normalized spacial score (nSPS) is 10.9. The third-order valence-corrected chi connectivity index (χ3v) is 3.06. The summed E-state index contributed by atoms with van der Waals surface area (Å²) in [5.41, 5.74) is 2.92.